The van der Waals surface area contributed by atoms with Gasteiger partial charge in [0.05, 0.1) is 0 Å². The lowest BCUT2D eigenvalue weighted by Gasteiger charge is -2.20. The first-order chi connectivity index (χ1) is 8.78. The van der Waals surface area contributed by atoms with Crippen molar-refractivity contribution in [1.82, 2.24) is 10.9 Å². The Morgan fingerprint density at radius 2 is 1.84 bits per heavy atom. The first-order valence-electron chi connectivity index (χ1n) is 5.89. The summed E-state index contributed by atoms with van der Waals surface area (Å²) >= 11 is 5.06. The third-order valence-electron chi connectivity index (χ3n) is 2.07. The van der Waals surface area contributed by atoms with E-state index >= 15 is 0 Å². The van der Waals surface area contributed by atoms with Crippen molar-refractivity contribution in [1.29, 1.82) is 0 Å². The molecule has 0 fully saturated rings. The van der Waals surface area contributed by atoms with Crippen molar-refractivity contribution in [3.63, 3.8) is 0 Å². The molecule has 1 aromatic rings. The average Bonchev–Trinajstić information content (AvgIpc) is 2.27. The van der Waals surface area contributed by atoms with E-state index in [1.807, 2.05) is 31.2 Å². The summed E-state index contributed by atoms with van der Waals surface area (Å²) in [6.45, 7) is 7.33. The van der Waals surface area contributed by atoms with Gasteiger partial charge in [0.1, 0.15) is 5.60 Å². The zero-order valence-corrected chi connectivity index (χ0v) is 12.4. The number of amides is 1. The number of aryl methyl sites for hydroxylation is 1. The molecule has 19 heavy (non-hydrogen) atoms. The van der Waals surface area contributed by atoms with E-state index in [1.54, 1.807) is 20.8 Å². The summed E-state index contributed by atoms with van der Waals surface area (Å²) in [5.74, 6) is 0. The van der Waals surface area contributed by atoms with Gasteiger partial charge < -0.3 is 10.1 Å². The molecule has 0 aliphatic carbocycles. The van der Waals surface area contributed by atoms with Crippen molar-refractivity contribution in [2.75, 3.05) is 5.32 Å². The quantitative estimate of drug-likeness (QED) is 0.546. The zero-order chi connectivity index (χ0) is 14.5. The van der Waals surface area contributed by atoms with Gasteiger partial charge in [-0.1, -0.05) is 18.2 Å². The monoisotopic (exact) mass is 281 g/mol. The Bertz CT molecular complexity index is 469. The maximum atomic E-state index is 11.4. The van der Waals surface area contributed by atoms with Gasteiger partial charge in [0, 0.05) is 5.69 Å². The number of ether oxygens (including phenoxy) is 1. The smallest absolute Gasteiger partial charge is 0.426 e. The fourth-order valence-electron chi connectivity index (χ4n) is 1.28. The van der Waals surface area contributed by atoms with Gasteiger partial charge in [-0.2, -0.15) is 0 Å². The lowest BCUT2D eigenvalue weighted by Crippen LogP contribution is -2.46. The van der Waals surface area contributed by atoms with E-state index in [1.165, 1.54) is 0 Å². The molecule has 0 saturated carbocycles. The molecule has 3 N–H and O–H groups in total. The van der Waals surface area contributed by atoms with E-state index < -0.39 is 11.7 Å². The van der Waals surface area contributed by atoms with Crippen LogP contribution >= 0.6 is 12.2 Å². The number of hydrogen-bond donors (Lipinski definition) is 3. The van der Waals surface area contributed by atoms with Crippen LogP contribution in [-0.4, -0.2) is 16.8 Å². The van der Waals surface area contributed by atoms with Gasteiger partial charge in [-0.05, 0) is 51.5 Å². The molecule has 1 amide bonds. The Morgan fingerprint density at radius 1 is 1.21 bits per heavy atom. The minimum absolute atomic E-state index is 0.292. The Labute approximate surface area is 118 Å². The molecule has 0 bridgehead atoms. The number of hydrazine groups is 1. The van der Waals surface area contributed by atoms with Gasteiger partial charge >= 0.3 is 6.09 Å². The number of thiocarbonyl (C=S) groups is 1. The van der Waals surface area contributed by atoms with E-state index in [-0.39, 0.29) is 0 Å². The van der Waals surface area contributed by atoms with Crippen LogP contribution in [0.15, 0.2) is 24.3 Å². The molecule has 0 heterocycles. The standard InChI is InChI=1S/C13H19N3O2S/c1-9-7-5-6-8-10(9)14-11(19)15-16-12(17)18-13(2,3)4/h5-8H,1-4H3,(H,16,17)(H2,14,15,19). The van der Waals surface area contributed by atoms with Gasteiger partial charge in [-0.25, -0.2) is 10.2 Å². The highest BCUT2D eigenvalue weighted by Gasteiger charge is 2.15. The van der Waals surface area contributed by atoms with Crippen molar-refractivity contribution < 1.29 is 9.53 Å². The Balaban J connectivity index is 2.41. The summed E-state index contributed by atoms with van der Waals surface area (Å²) in [7, 11) is 0. The molecule has 104 valence electrons. The molecule has 1 rings (SSSR count). The normalized spacial score (nSPS) is 10.5. The van der Waals surface area contributed by atoms with Crippen molar-refractivity contribution >= 4 is 29.1 Å². The van der Waals surface area contributed by atoms with E-state index in [2.05, 4.69) is 16.2 Å². The van der Waals surface area contributed by atoms with Gasteiger partial charge in [0.15, 0.2) is 5.11 Å². The van der Waals surface area contributed by atoms with Crippen molar-refractivity contribution in [2.45, 2.75) is 33.3 Å². The lowest BCUT2D eigenvalue weighted by atomic mass is 10.2. The predicted octanol–water partition coefficient (Wildman–Crippen LogP) is 2.72. The van der Waals surface area contributed by atoms with Crippen molar-refractivity contribution in [2.24, 2.45) is 0 Å². The van der Waals surface area contributed by atoms with Gasteiger partial charge in [-0.3, -0.25) is 5.43 Å². The summed E-state index contributed by atoms with van der Waals surface area (Å²) in [6.07, 6.45) is -0.582. The van der Waals surface area contributed by atoms with E-state index in [0.29, 0.717) is 5.11 Å². The number of para-hydroxylation sites is 1. The topological polar surface area (TPSA) is 62.4 Å². The summed E-state index contributed by atoms with van der Waals surface area (Å²) in [5.41, 5.74) is 6.34. The summed E-state index contributed by atoms with van der Waals surface area (Å²) < 4.78 is 5.06. The van der Waals surface area contributed by atoms with E-state index in [4.69, 9.17) is 17.0 Å². The predicted molar refractivity (Wildman–Crippen MR) is 79.9 cm³/mol. The van der Waals surface area contributed by atoms with Crippen LogP contribution < -0.4 is 16.2 Å². The molecule has 1 aromatic carbocycles. The van der Waals surface area contributed by atoms with Crippen LogP contribution in [0.2, 0.25) is 0 Å². The number of carbonyl (C=O) groups is 1. The fraction of sp³-hybridized carbons (Fsp3) is 0.385. The van der Waals surface area contributed by atoms with E-state index in [0.717, 1.165) is 11.3 Å². The second kappa shape index (κ2) is 6.38. The van der Waals surface area contributed by atoms with Crippen LogP contribution in [0.5, 0.6) is 0 Å². The van der Waals surface area contributed by atoms with Crippen molar-refractivity contribution in [3.8, 4) is 0 Å². The van der Waals surface area contributed by atoms with Crippen LogP contribution in [0.3, 0.4) is 0 Å². The molecule has 0 aliphatic rings. The number of benzene rings is 1. The molecule has 0 radical (unpaired) electrons. The van der Waals surface area contributed by atoms with Crippen LogP contribution in [0.1, 0.15) is 26.3 Å². The Kier molecular flexibility index (Phi) is 5.11. The molecule has 0 atom stereocenters. The maximum Gasteiger partial charge on any atom is 0.426 e. The highest BCUT2D eigenvalue weighted by molar-refractivity contribution is 7.80. The molecule has 0 aromatic heterocycles. The highest BCUT2D eigenvalue weighted by Crippen LogP contribution is 2.12. The second-order valence-corrected chi connectivity index (χ2v) is 5.43. The summed E-state index contributed by atoms with van der Waals surface area (Å²) in [4.78, 5) is 11.4. The highest BCUT2D eigenvalue weighted by atomic mass is 32.1. The van der Waals surface area contributed by atoms with Crippen LogP contribution in [-0.2, 0) is 4.74 Å². The summed E-state index contributed by atoms with van der Waals surface area (Å²) in [5, 5.41) is 3.27. The fourth-order valence-corrected chi connectivity index (χ4v) is 1.44. The molecular weight excluding hydrogens is 262 g/mol. The number of rotatable bonds is 1. The van der Waals surface area contributed by atoms with Gasteiger partial charge in [0.25, 0.3) is 0 Å². The van der Waals surface area contributed by atoms with Gasteiger partial charge in [-0.15, -0.1) is 0 Å². The SMILES string of the molecule is Cc1ccccc1NC(=S)NNC(=O)OC(C)(C)C. The molecule has 0 saturated heterocycles. The van der Waals surface area contributed by atoms with Gasteiger partial charge in [0.2, 0.25) is 0 Å². The largest absolute Gasteiger partial charge is 0.443 e. The van der Waals surface area contributed by atoms with Crippen molar-refractivity contribution in [3.05, 3.63) is 29.8 Å². The summed E-state index contributed by atoms with van der Waals surface area (Å²) in [6, 6.07) is 7.71. The molecule has 0 aliphatic heterocycles. The molecule has 5 nitrogen and oxygen atoms in total. The third kappa shape index (κ3) is 6.05. The molecule has 0 unspecified atom stereocenters. The lowest BCUT2D eigenvalue weighted by molar-refractivity contribution is 0.0513. The minimum Gasteiger partial charge on any atom is -0.443 e. The second-order valence-electron chi connectivity index (χ2n) is 5.02. The number of carbonyl (C=O) groups excluding carboxylic acids is 1. The third-order valence-corrected chi connectivity index (χ3v) is 2.27. The van der Waals surface area contributed by atoms with Crippen LogP contribution in [0.25, 0.3) is 0 Å². The Hall–Kier alpha value is -1.82. The molecule has 0 spiro atoms. The van der Waals surface area contributed by atoms with E-state index in [9.17, 15) is 4.79 Å². The van der Waals surface area contributed by atoms with Crippen LogP contribution in [0.4, 0.5) is 10.5 Å². The first-order valence-corrected chi connectivity index (χ1v) is 6.30. The number of nitrogens with one attached hydrogen (secondary N) is 3. The molecular formula is C13H19N3O2S. The maximum absolute atomic E-state index is 11.4. The number of anilines is 1. The number of hydrogen-bond acceptors (Lipinski definition) is 3. The first kappa shape index (κ1) is 15.2. The zero-order valence-electron chi connectivity index (χ0n) is 11.5. The minimum atomic E-state index is -0.582. The average molecular weight is 281 g/mol. The Morgan fingerprint density at radius 3 is 2.42 bits per heavy atom. The van der Waals surface area contributed by atoms with Crippen LogP contribution in [0, 0.1) is 6.92 Å². The molecule has 6 heteroatoms.